The highest BCUT2D eigenvalue weighted by atomic mass is 79.9. The summed E-state index contributed by atoms with van der Waals surface area (Å²) in [7, 11) is 0. The van der Waals surface area contributed by atoms with Crippen LogP contribution in [0.3, 0.4) is 0 Å². The van der Waals surface area contributed by atoms with Crippen molar-refractivity contribution in [2.24, 2.45) is 0 Å². The number of hydrogen-bond acceptors (Lipinski definition) is 4. The van der Waals surface area contributed by atoms with Crippen LogP contribution in [0.15, 0.2) is 41.0 Å². The Hall–Kier alpha value is -2.46. The van der Waals surface area contributed by atoms with Gasteiger partial charge in [0.25, 0.3) is 5.91 Å². The van der Waals surface area contributed by atoms with Crippen molar-refractivity contribution in [3.8, 4) is 11.8 Å². The first-order valence-corrected chi connectivity index (χ1v) is 7.62. The number of hydrogen-bond donors (Lipinski definition) is 1. The zero-order chi connectivity index (χ0) is 16.7. The summed E-state index contributed by atoms with van der Waals surface area (Å²) in [6.07, 6.45) is 2.45. The summed E-state index contributed by atoms with van der Waals surface area (Å²) in [5.41, 5.74) is -0.0886. The van der Waals surface area contributed by atoms with Crippen molar-refractivity contribution in [3.05, 3.63) is 52.4 Å². The molecule has 0 unspecified atom stereocenters. The first kappa shape index (κ1) is 16.9. The van der Waals surface area contributed by atoms with Gasteiger partial charge in [0.1, 0.15) is 5.82 Å². The van der Waals surface area contributed by atoms with E-state index in [1.54, 1.807) is 18.2 Å². The van der Waals surface area contributed by atoms with Crippen LogP contribution in [0.25, 0.3) is 0 Å². The number of ether oxygens (including phenoxy) is 1. The van der Waals surface area contributed by atoms with Gasteiger partial charge in [-0.3, -0.25) is 4.79 Å². The molecule has 1 amide bonds. The molecular weight excluding hydrogens is 365 g/mol. The van der Waals surface area contributed by atoms with Crippen molar-refractivity contribution in [2.75, 3.05) is 11.9 Å². The van der Waals surface area contributed by atoms with Gasteiger partial charge in [-0.1, -0.05) is 15.9 Å². The van der Waals surface area contributed by atoms with E-state index in [4.69, 9.17) is 10.00 Å². The lowest BCUT2D eigenvalue weighted by atomic mass is 10.2. The highest BCUT2D eigenvalue weighted by molar-refractivity contribution is 9.10. The first-order chi connectivity index (χ1) is 11.1. The fourth-order valence-electron chi connectivity index (χ4n) is 1.78. The van der Waals surface area contributed by atoms with Crippen molar-refractivity contribution in [2.45, 2.75) is 12.8 Å². The summed E-state index contributed by atoms with van der Waals surface area (Å²) in [5.74, 6) is -0.673. The molecule has 0 bridgehead atoms. The van der Waals surface area contributed by atoms with Crippen LogP contribution in [0.1, 0.15) is 23.2 Å². The minimum absolute atomic E-state index is 0.0886. The maximum Gasteiger partial charge on any atom is 0.259 e. The van der Waals surface area contributed by atoms with Gasteiger partial charge in [0.05, 0.1) is 18.2 Å². The number of carbonyl (C=O) groups excluding carboxylic acids is 1. The standard InChI is InChI=1S/C16H13BrFN3O2/c17-11-5-6-12(13(18)10-11)16(22)21-15-14(4-3-8-20-15)23-9-2-1-7-19/h3-6,8,10H,1-2,9H2,(H,20,21,22). The molecule has 2 aromatic rings. The van der Waals surface area contributed by atoms with Crippen molar-refractivity contribution in [3.63, 3.8) is 0 Å². The van der Waals surface area contributed by atoms with E-state index >= 15 is 0 Å². The Morgan fingerprint density at radius 3 is 3.00 bits per heavy atom. The zero-order valence-electron chi connectivity index (χ0n) is 12.1. The summed E-state index contributed by atoms with van der Waals surface area (Å²) in [4.78, 5) is 16.2. The maximum atomic E-state index is 13.8. The molecule has 0 spiro atoms. The fraction of sp³-hybridized carbons (Fsp3) is 0.188. The third-order valence-electron chi connectivity index (χ3n) is 2.87. The molecule has 0 saturated heterocycles. The molecule has 0 aliphatic rings. The number of halogens is 2. The smallest absolute Gasteiger partial charge is 0.259 e. The highest BCUT2D eigenvalue weighted by Gasteiger charge is 2.15. The number of unbranched alkanes of at least 4 members (excludes halogenated alkanes) is 1. The zero-order valence-corrected chi connectivity index (χ0v) is 13.6. The monoisotopic (exact) mass is 377 g/mol. The summed E-state index contributed by atoms with van der Waals surface area (Å²) in [6, 6.07) is 9.50. The predicted octanol–water partition coefficient (Wildman–Crippen LogP) is 3.92. The molecule has 0 aliphatic carbocycles. The van der Waals surface area contributed by atoms with Gasteiger partial charge in [0.15, 0.2) is 11.6 Å². The van der Waals surface area contributed by atoms with E-state index in [2.05, 4.69) is 26.2 Å². The summed E-state index contributed by atoms with van der Waals surface area (Å²) in [6.45, 7) is 0.328. The number of amides is 1. The number of pyridine rings is 1. The quantitative estimate of drug-likeness (QED) is 0.774. The van der Waals surface area contributed by atoms with Crippen LogP contribution in [0.5, 0.6) is 5.75 Å². The lowest BCUT2D eigenvalue weighted by Gasteiger charge is -2.11. The Kier molecular flexibility index (Phi) is 6.06. The van der Waals surface area contributed by atoms with E-state index in [0.717, 1.165) is 0 Å². The molecule has 0 radical (unpaired) electrons. The third-order valence-corrected chi connectivity index (χ3v) is 3.36. The van der Waals surface area contributed by atoms with Crippen molar-refractivity contribution < 1.29 is 13.9 Å². The molecule has 1 heterocycles. The number of rotatable bonds is 6. The SMILES string of the molecule is N#CCCCOc1cccnc1NC(=O)c1ccc(Br)cc1F. The molecule has 1 N–H and O–H groups in total. The fourth-order valence-corrected chi connectivity index (χ4v) is 2.12. The van der Waals surface area contributed by atoms with Crippen LogP contribution >= 0.6 is 15.9 Å². The van der Waals surface area contributed by atoms with Gasteiger partial charge in [-0.2, -0.15) is 5.26 Å². The molecule has 1 aromatic heterocycles. The maximum absolute atomic E-state index is 13.8. The Morgan fingerprint density at radius 1 is 1.43 bits per heavy atom. The van der Waals surface area contributed by atoms with Crippen LogP contribution in [0, 0.1) is 17.1 Å². The van der Waals surface area contributed by atoms with Crippen LogP contribution in [-0.2, 0) is 0 Å². The second-order valence-corrected chi connectivity index (χ2v) is 5.45. The molecule has 0 aliphatic heterocycles. The molecule has 0 fully saturated rings. The van der Waals surface area contributed by atoms with Crippen LogP contribution in [-0.4, -0.2) is 17.5 Å². The van der Waals surface area contributed by atoms with E-state index in [9.17, 15) is 9.18 Å². The van der Waals surface area contributed by atoms with E-state index in [0.29, 0.717) is 29.7 Å². The number of nitrogens with zero attached hydrogens (tertiary/aromatic N) is 2. The number of nitrogens with one attached hydrogen (secondary N) is 1. The van der Waals surface area contributed by atoms with Crippen LogP contribution < -0.4 is 10.1 Å². The molecule has 1 aromatic carbocycles. The summed E-state index contributed by atoms with van der Waals surface area (Å²) in [5, 5.41) is 11.0. The molecule has 2 rings (SSSR count). The molecule has 23 heavy (non-hydrogen) atoms. The van der Waals surface area contributed by atoms with Gasteiger partial charge in [-0.05, 0) is 36.8 Å². The van der Waals surface area contributed by atoms with Gasteiger partial charge in [0.2, 0.25) is 0 Å². The largest absolute Gasteiger partial charge is 0.490 e. The summed E-state index contributed by atoms with van der Waals surface area (Å²) >= 11 is 3.14. The third kappa shape index (κ3) is 4.76. The normalized spacial score (nSPS) is 9.96. The van der Waals surface area contributed by atoms with Crippen LogP contribution in [0.2, 0.25) is 0 Å². The molecular formula is C16H13BrFN3O2. The number of aromatic nitrogens is 1. The number of carbonyl (C=O) groups is 1. The Labute approximate surface area is 141 Å². The van der Waals surface area contributed by atoms with Crippen molar-refractivity contribution >= 4 is 27.7 Å². The average Bonchev–Trinajstić information content (AvgIpc) is 2.53. The molecule has 7 heteroatoms. The second kappa shape index (κ2) is 8.25. The summed E-state index contributed by atoms with van der Waals surface area (Å²) < 4.78 is 19.9. The van der Waals surface area contributed by atoms with Gasteiger partial charge in [0, 0.05) is 17.1 Å². The van der Waals surface area contributed by atoms with Gasteiger partial charge in [-0.25, -0.2) is 9.37 Å². The van der Waals surface area contributed by atoms with Crippen molar-refractivity contribution in [1.82, 2.24) is 4.98 Å². The van der Waals surface area contributed by atoms with Gasteiger partial charge in [-0.15, -0.1) is 0 Å². The lowest BCUT2D eigenvalue weighted by molar-refractivity contribution is 0.102. The average molecular weight is 378 g/mol. The highest BCUT2D eigenvalue weighted by Crippen LogP contribution is 2.23. The van der Waals surface area contributed by atoms with E-state index in [-0.39, 0.29) is 11.4 Å². The van der Waals surface area contributed by atoms with Gasteiger partial charge >= 0.3 is 0 Å². The molecule has 0 saturated carbocycles. The Morgan fingerprint density at radius 2 is 2.26 bits per heavy atom. The van der Waals surface area contributed by atoms with Gasteiger partial charge < -0.3 is 10.1 Å². The van der Waals surface area contributed by atoms with E-state index < -0.39 is 11.7 Å². The molecule has 118 valence electrons. The number of nitriles is 1. The number of benzene rings is 1. The Balaban J connectivity index is 2.10. The molecule has 5 nitrogen and oxygen atoms in total. The minimum Gasteiger partial charge on any atom is -0.490 e. The lowest BCUT2D eigenvalue weighted by Crippen LogP contribution is -2.15. The second-order valence-electron chi connectivity index (χ2n) is 4.54. The number of anilines is 1. The van der Waals surface area contributed by atoms with E-state index in [1.807, 2.05) is 6.07 Å². The van der Waals surface area contributed by atoms with Crippen LogP contribution in [0.4, 0.5) is 10.2 Å². The first-order valence-electron chi connectivity index (χ1n) is 6.83. The Bertz CT molecular complexity index is 746. The molecule has 0 atom stereocenters. The topological polar surface area (TPSA) is 75.0 Å². The minimum atomic E-state index is -0.635. The van der Waals surface area contributed by atoms with E-state index in [1.165, 1.54) is 18.3 Å². The predicted molar refractivity (Wildman–Crippen MR) is 86.6 cm³/mol. The van der Waals surface area contributed by atoms with Crippen molar-refractivity contribution in [1.29, 1.82) is 5.26 Å².